The Morgan fingerprint density at radius 3 is 2.56 bits per heavy atom. The van der Waals surface area contributed by atoms with Gasteiger partial charge < -0.3 is 13.9 Å². The maximum absolute atomic E-state index is 12.1. The van der Waals surface area contributed by atoms with Gasteiger partial charge in [0, 0.05) is 6.42 Å². The smallest absolute Gasteiger partial charge is 0.338 e. The Hall–Kier alpha value is -2.63. The van der Waals surface area contributed by atoms with Crippen LogP contribution in [0, 0.1) is 0 Å². The Morgan fingerprint density at radius 2 is 1.96 bits per heavy atom. The van der Waals surface area contributed by atoms with Crippen LogP contribution in [0.25, 0.3) is 0 Å². The van der Waals surface area contributed by atoms with Gasteiger partial charge in [0.15, 0.2) is 0 Å². The predicted octanol–water partition coefficient (Wildman–Crippen LogP) is 3.72. The molecule has 2 rings (SSSR count). The zero-order valence-electron chi connectivity index (χ0n) is 14.9. The maximum atomic E-state index is 12.1. The standard InChI is InChI=1S/C19H23NO5/c1-19(2,3)25-16(21)10-9-14(17-20-11-12-24-17)13-7-5-6-8-15(13)18(22)23-4/h5-8,11-12,14H,9-10H2,1-4H3. The van der Waals surface area contributed by atoms with E-state index in [2.05, 4.69) is 4.98 Å². The second-order valence-corrected chi connectivity index (χ2v) is 6.63. The molecule has 1 aromatic heterocycles. The molecule has 0 saturated carbocycles. The van der Waals surface area contributed by atoms with E-state index in [1.807, 2.05) is 32.9 Å². The minimum absolute atomic E-state index is 0.180. The van der Waals surface area contributed by atoms with Crippen LogP contribution in [0.15, 0.2) is 41.1 Å². The number of esters is 2. The summed E-state index contributed by atoms with van der Waals surface area (Å²) < 4.78 is 15.6. The van der Waals surface area contributed by atoms with Gasteiger partial charge in [0.05, 0.1) is 24.8 Å². The highest BCUT2D eigenvalue weighted by molar-refractivity contribution is 5.91. The molecule has 1 heterocycles. The van der Waals surface area contributed by atoms with E-state index in [-0.39, 0.29) is 18.3 Å². The highest BCUT2D eigenvalue weighted by atomic mass is 16.6. The lowest BCUT2D eigenvalue weighted by Crippen LogP contribution is -2.24. The molecule has 0 bridgehead atoms. The molecule has 1 unspecified atom stereocenters. The summed E-state index contributed by atoms with van der Waals surface area (Å²) in [6.07, 6.45) is 3.59. The van der Waals surface area contributed by atoms with Gasteiger partial charge in [0.25, 0.3) is 0 Å². The second kappa shape index (κ2) is 7.96. The van der Waals surface area contributed by atoms with Crippen molar-refractivity contribution in [2.24, 2.45) is 0 Å². The molecule has 0 amide bonds. The molecule has 0 N–H and O–H groups in total. The molecule has 0 saturated heterocycles. The summed E-state index contributed by atoms with van der Waals surface area (Å²) in [7, 11) is 1.33. The van der Waals surface area contributed by atoms with Crippen molar-refractivity contribution in [1.29, 1.82) is 0 Å². The number of rotatable bonds is 6. The van der Waals surface area contributed by atoms with Crippen LogP contribution in [-0.4, -0.2) is 29.6 Å². The number of nitrogens with zero attached hydrogens (tertiary/aromatic N) is 1. The van der Waals surface area contributed by atoms with Crippen LogP contribution in [0.3, 0.4) is 0 Å². The van der Waals surface area contributed by atoms with Crippen molar-refractivity contribution >= 4 is 11.9 Å². The number of carbonyl (C=O) groups excluding carboxylic acids is 2. The average molecular weight is 345 g/mol. The Bertz CT molecular complexity index is 716. The zero-order chi connectivity index (χ0) is 18.4. The van der Waals surface area contributed by atoms with Crippen molar-refractivity contribution in [2.75, 3.05) is 7.11 Å². The van der Waals surface area contributed by atoms with Crippen LogP contribution in [0.2, 0.25) is 0 Å². The van der Waals surface area contributed by atoms with E-state index < -0.39 is 11.6 Å². The van der Waals surface area contributed by atoms with Crippen LogP contribution in [-0.2, 0) is 14.3 Å². The van der Waals surface area contributed by atoms with Crippen molar-refractivity contribution in [3.05, 3.63) is 53.7 Å². The van der Waals surface area contributed by atoms with Gasteiger partial charge in [-0.2, -0.15) is 0 Å². The molecule has 2 aromatic rings. The monoisotopic (exact) mass is 345 g/mol. The summed E-state index contributed by atoms with van der Waals surface area (Å²) in [5.41, 5.74) is 0.595. The Balaban J connectivity index is 2.27. The summed E-state index contributed by atoms with van der Waals surface area (Å²) in [6.45, 7) is 5.47. The molecular weight excluding hydrogens is 322 g/mol. The maximum Gasteiger partial charge on any atom is 0.338 e. The number of hydrogen-bond acceptors (Lipinski definition) is 6. The third-order valence-corrected chi connectivity index (χ3v) is 3.55. The summed E-state index contributed by atoms with van der Waals surface area (Å²) in [5.74, 6) is -0.651. The Morgan fingerprint density at radius 1 is 1.24 bits per heavy atom. The first-order valence-electron chi connectivity index (χ1n) is 8.10. The predicted molar refractivity (Wildman–Crippen MR) is 91.2 cm³/mol. The minimum Gasteiger partial charge on any atom is -0.465 e. The zero-order valence-corrected chi connectivity index (χ0v) is 14.9. The van der Waals surface area contributed by atoms with Crippen LogP contribution in [0.4, 0.5) is 0 Å². The fraction of sp³-hybridized carbons (Fsp3) is 0.421. The molecular formula is C19H23NO5. The summed E-state index contributed by atoms with van der Waals surface area (Å²) >= 11 is 0. The Kier molecular flexibility index (Phi) is 5.96. The molecule has 134 valence electrons. The average Bonchev–Trinajstić information content (AvgIpc) is 3.07. The molecule has 0 spiro atoms. The number of carbonyl (C=O) groups is 2. The van der Waals surface area contributed by atoms with E-state index in [1.54, 1.807) is 12.1 Å². The number of benzene rings is 1. The number of oxazole rings is 1. The first-order valence-corrected chi connectivity index (χ1v) is 8.10. The second-order valence-electron chi connectivity index (χ2n) is 6.63. The largest absolute Gasteiger partial charge is 0.465 e. The van der Waals surface area contributed by atoms with E-state index in [1.165, 1.54) is 19.6 Å². The van der Waals surface area contributed by atoms with E-state index in [0.29, 0.717) is 23.4 Å². The number of hydrogen-bond donors (Lipinski definition) is 0. The third kappa shape index (κ3) is 5.17. The molecule has 0 radical (unpaired) electrons. The van der Waals surface area contributed by atoms with Gasteiger partial charge in [-0.3, -0.25) is 4.79 Å². The molecule has 6 nitrogen and oxygen atoms in total. The van der Waals surface area contributed by atoms with Crippen molar-refractivity contribution in [3.8, 4) is 0 Å². The van der Waals surface area contributed by atoms with E-state index >= 15 is 0 Å². The fourth-order valence-electron chi connectivity index (χ4n) is 2.57. The van der Waals surface area contributed by atoms with Gasteiger partial charge in [-0.15, -0.1) is 0 Å². The number of methoxy groups -OCH3 is 1. The van der Waals surface area contributed by atoms with E-state index in [4.69, 9.17) is 13.9 Å². The topological polar surface area (TPSA) is 78.6 Å². The first kappa shape index (κ1) is 18.7. The quantitative estimate of drug-likeness (QED) is 0.743. The molecule has 0 aliphatic rings. The van der Waals surface area contributed by atoms with E-state index in [9.17, 15) is 9.59 Å². The molecule has 1 aromatic carbocycles. The molecule has 1 atom stereocenters. The van der Waals surface area contributed by atoms with Gasteiger partial charge >= 0.3 is 11.9 Å². The Labute approximate surface area is 147 Å². The molecule has 25 heavy (non-hydrogen) atoms. The van der Waals surface area contributed by atoms with Gasteiger partial charge in [-0.25, -0.2) is 9.78 Å². The van der Waals surface area contributed by atoms with Crippen molar-refractivity contribution in [1.82, 2.24) is 4.98 Å². The van der Waals surface area contributed by atoms with Gasteiger partial charge in [-0.05, 0) is 38.8 Å². The van der Waals surface area contributed by atoms with Crippen LogP contribution >= 0.6 is 0 Å². The van der Waals surface area contributed by atoms with Gasteiger partial charge in [0.1, 0.15) is 11.9 Å². The summed E-state index contributed by atoms with van der Waals surface area (Å²) in [4.78, 5) is 28.3. The van der Waals surface area contributed by atoms with Gasteiger partial charge in [-0.1, -0.05) is 18.2 Å². The minimum atomic E-state index is -0.542. The molecule has 0 fully saturated rings. The molecule has 0 aliphatic heterocycles. The summed E-state index contributed by atoms with van der Waals surface area (Å²) in [5, 5.41) is 0. The molecule has 0 aliphatic carbocycles. The number of ether oxygens (including phenoxy) is 2. The fourth-order valence-corrected chi connectivity index (χ4v) is 2.57. The normalized spacial score (nSPS) is 12.5. The third-order valence-electron chi connectivity index (χ3n) is 3.55. The van der Waals surface area contributed by atoms with E-state index in [0.717, 1.165) is 0 Å². The number of aromatic nitrogens is 1. The first-order chi connectivity index (χ1) is 11.8. The van der Waals surface area contributed by atoms with Crippen LogP contribution < -0.4 is 0 Å². The van der Waals surface area contributed by atoms with Crippen LogP contribution in [0.1, 0.15) is 61.3 Å². The lowest BCUT2D eigenvalue weighted by Gasteiger charge is -2.21. The van der Waals surface area contributed by atoms with Crippen LogP contribution in [0.5, 0.6) is 0 Å². The lowest BCUT2D eigenvalue weighted by atomic mass is 9.90. The van der Waals surface area contributed by atoms with Crippen molar-refractivity contribution in [2.45, 2.75) is 45.1 Å². The highest BCUT2D eigenvalue weighted by Gasteiger charge is 2.26. The lowest BCUT2D eigenvalue weighted by molar-refractivity contribution is -0.154. The van der Waals surface area contributed by atoms with Crippen molar-refractivity contribution < 1.29 is 23.5 Å². The SMILES string of the molecule is COC(=O)c1ccccc1C(CCC(=O)OC(C)(C)C)c1ncco1. The molecule has 6 heteroatoms. The van der Waals surface area contributed by atoms with Crippen molar-refractivity contribution in [3.63, 3.8) is 0 Å². The highest BCUT2D eigenvalue weighted by Crippen LogP contribution is 2.31. The van der Waals surface area contributed by atoms with Gasteiger partial charge in [0.2, 0.25) is 5.89 Å². The summed E-state index contributed by atoms with van der Waals surface area (Å²) in [6, 6.07) is 7.09.